The average Bonchev–Trinajstić information content (AvgIpc) is 2.91. The molecule has 23 heavy (non-hydrogen) atoms. The van der Waals surface area contributed by atoms with Crippen molar-refractivity contribution in [3.05, 3.63) is 40.7 Å². The van der Waals surface area contributed by atoms with Crippen molar-refractivity contribution in [1.82, 2.24) is 14.8 Å². The van der Waals surface area contributed by atoms with E-state index in [2.05, 4.69) is 14.8 Å². The van der Waals surface area contributed by atoms with Crippen LogP contribution in [-0.4, -0.2) is 59.2 Å². The zero-order chi connectivity index (χ0) is 16.2. The molecule has 1 aliphatic heterocycles. The second-order valence-electron chi connectivity index (χ2n) is 5.84. The lowest BCUT2D eigenvalue weighted by Crippen LogP contribution is -2.46. The number of rotatable bonds is 5. The molecule has 0 radical (unpaired) electrons. The molecule has 1 aliphatic rings. The third-order valence-electron chi connectivity index (χ3n) is 4.25. The molecule has 1 fully saturated rings. The molecule has 1 aromatic carbocycles. The lowest BCUT2D eigenvalue weighted by molar-refractivity contribution is 0.107. The molecule has 0 amide bonds. The van der Waals surface area contributed by atoms with Gasteiger partial charge >= 0.3 is 0 Å². The summed E-state index contributed by atoms with van der Waals surface area (Å²) in [6.07, 6.45) is 0. The third kappa shape index (κ3) is 3.93. The van der Waals surface area contributed by atoms with Gasteiger partial charge in [-0.05, 0) is 19.1 Å². The summed E-state index contributed by atoms with van der Waals surface area (Å²) in [6.45, 7) is 7.64. The summed E-state index contributed by atoms with van der Waals surface area (Å²) >= 11 is 6.22. The minimum atomic E-state index is 0.226. The van der Waals surface area contributed by atoms with Crippen molar-refractivity contribution in [1.29, 1.82) is 0 Å². The van der Waals surface area contributed by atoms with E-state index in [1.807, 2.05) is 31.2 Å². The number of hydrogen-bond donors (Lipinski definition) is 1. The Labute approximate surface area is 141 Å². The zero-order valence-electron chi connectivity index (χ0n) is 13.3. The number of benzene rings is 1. The Hall–Kier alpha value is -1.40. The highest BCUT2D eigenvalue weighted by molar-refractivity contribution is 6.33. The molecule has 2 heterocycles. The fraction of sp³-hybridized carbons (Fsp3) is 0.471. The first-order valence-corrected chi connectivity index (χ1v) is 8.32. The van der Waals surface area contributed by atoms with Crippen LogP contribution < -0.4 is 0 Å². The maximum atomic E-state index is 9.00. The van der Waals surface area contributed by atoms with Crippen molar-refractivity contribution in [2.45, 2.75) is 13.5 Å². The first-order valence-electron chi connectivity index (χ1n) is 7.94. The number of aromatic nitrogens is 1. The van der Waals surface area contributed by atoms with Crippen molar-refractivity contribution in [2.24, 2.45) is 0 Å². The lowest BCUT2D eigenvalue weighted by atomic mass is 10.2. The van der Waals surface area contributed by atoms with Crippen molar-refractivity contribution in [2.75, 3.05) is 39.3 Å². The Morgan fingerprint density at radius 2 is 1.87 bits per heavy atom. The lowest BCUT2D eigenvalue weighted by Gasteiger charge is -2.33. The normalized spacial score (nSPS) is 16.8. The van der Waals surface area contributed by atoms with Crippen molar-refractivity contribution >= 4 is 11.6 Å². The molecule has 124 valence electrons. The molecular weight excluding hydrogens is 314 g/mol. The molecule has 1 aromatic heterocycles. The fourth-order valence-electron chi connectivity index (χ4n) is 2.85. The fourth-order valence-corrected chi connectivity index (χ4v) is 3.07. The van der Waals surface area contributed by atoms with Gasteiger partial charge in [-0.25, -0.2) is 4.98 Å². The van der Waals surface area contributed by atoms with Gasteiger partial charge in [0, 0.05) is 39.3 Å². The van der Waals surface area contributed by atoms with Crippen LogP contribution in [-0.2, 0) is 6.54 Å². The highest BCUT2D eigenvalue weighted by Gasteiger charge is 2.20. The van der Waals surface area contributed by atoms with Crippen LogP contribution in [0.2, 0.25) is 5.02 Å². The number of aryl methyl sites for hydroxylation is 1. The molecule has 5 nitrogen and oxygen atoms in total. The van der Waals surface area contributed by atoms with E-state index in [4.69, 9.17) is 21.1 Å². The molecule has 0 bridgehead atoms. The molecule has 1 N–H and O–H groups in total. The van der Waals surface area contributed by atoms with Gasteiger partial charge in [0.05, 0.1) is 22.9 Å². The van der Waals surface area contributed by atoms with Crippen LogP contribution in [0.25, 0.3) is 11.5 Å². The Morgan fingerprint density at radius 1 is 1.17 bits per heavy atom. The Morgan fingerprint density at radius 3 is 2.57 bits per heavy atom. The van der Waals surface area contributed by atoms with Crippen LogP contribution in [0.5, 0.6) is 0 Å². The second-order valence-corrected chi connectivity index (χ2v) is 6.25. The van der Waals surface area contributed by atoms with E-state index in [0.717, 1.165) is 56.3 Å². The van der Waals surface area contributed by atoms with Gasteiger partial charge in [-0.15, -0.1) is 0 Å². The van der Waals surface area contributed by atoms with Gasteiger partial charge in [-0.3, -0.25) is 9.80 Å². The van der Waals surface area contributed by atoms with Gasteiger partial charge in [0.1, 0.15) is 5.76 Å². The summed E-state index contributed by atoms with van der Waals surface area (Å²) in [7, 11) is 0. The summed E-state index contributed by atoms with van der Waals surface area (Å²) in [5.74, 6) is 1.43. The summed E-state index contributed by atoms with van der Waals surface area (Å²) in [5, 5.41) is 9.65. The molecule has 1 saturated heterocycles. The summed E-state index contributed by atoms with van der Waals surface area (Å²) < 4.78 is 5.82. The van der Waals surface area contributed by atoms with Crippen LogP contribution in [0, 0.1) is 6.92 Å². The molecule has 0 aliphatic carbocycles. The predicted octanol–water partition coefficient (Wildman–Crippen LogP) is 2.41. The number of aliphatic hydroxyl groups is 1. The third-order valence-corrected chi connectivity index (χ3v) is 4.58. The van der Waals surface area contributed by atoms with Crippen LogP contribution in [0.4, 0.5) is 0 Å². The van der Waals surface area contributed by atoms with Crippen LogP contribution >= 0.6 is 11.6 Å². The number of halogens is 1. The van der Waals surface area contributed by atoms with E-state index >= 15 is 0 Å². The topological polar surface area (TPSA) is 52.7 Å². The Balaban J connectivity index is 1.67. The van der Waals surface area contributed by atoms with Gasteiger partial charge in [-0.1, -0.05) is 23.7 Å². The largest absolute Gasteiger partial charge is 0.441 e. The van der Waals surface area contributed by atoms with E-state index in [1.165, 1.54) is 0 Å². The summed E-state index contributed by atoms with van der Waals surface area (Å²) in [6, 6.07) is 7.59. The number of aliphatic hydroxyl groups excluding tert-OH is 1. The molecule has 2 aromatic rings. The zero-order valence-corrected chi connectivity index (χ0v) is 14.1. The van der Waals surface area contributed by atoms with Gasteiger partial charge in [0.15, 0.2) is 0 Å². The smallest absolute Gasteiger partial charge is 0.228 e. The highest BCUT2D eigenvalue weighted by atomic mass is 35.5. The minimum Gasteiger partial charge on any atom is -0.441 e. The number of oxazole rings is 1. The van der Waals surface area contributed by atoms with E-state index < -0.39 is 0 Å². The van der Waals surface area contributed by atoms with Gasteiger partial charge < -0.3 is 9.52 Å². The molecule has 3 rings (SSSR count). The Bertz CT molecular complexity index is 651. The van der Waals surface area contributed by atoms with Crippen LogP contribution in [0.3, 0.4) is 0 Å². The summed E-state index contributed by atoms with van der Waals surface area (Å²) in [4.78, 5) is 9.29. The Kier molecular flexibility index (Phi) is 5.33. The second kappa shape index (κ2) is 7.45. The molecule has 0 atom stereocenters. The average molecular weight is 336 g/mol. The maximum absolute atomic E-state index is 9.00. The van der Waals surface area contributed by atoms with Crippen LogP contribution in [0.1, 0.15) is 11.5 Å². The molecule has 6 heteroatoms. The van der Waals surface area contributed by atoms with Crippen molar-refractivity contribution < 1.29 is 9.52 Å². The standard InChI is InChI=1S/C17H22ClN3O2/c1-13-16(12-21-8-6-20(7-9-21)10-11-22)19-17(23-13)14-4-2-3-5-15(14)18/h2-5,22H,6-12H2,1H3. The van der Waals surface area contributed by atoms with Crippen molar-refractivity contribution in [3.8, 4) is 11.5 Å². The first kappa shape index (κ1) is 16.5. The van der Waals surface area contributed by atoms with Crippen LogP contribution in [0.15, 0.2) is 28.7 Å². The monoisotopic (exact) mass is 335 g/mol. The maximum Gasteiger partial charge on any atom is 0.228 e. The number of nitrogens with zero attached hydrogens (tertiary/aromatic N) is 3. The van der Waals surface area contributed by atoms with E-state index in [0.29, 0.717) is 10.9 Å². The molecule has 0 spiro atoms. The summed E-state index contributed by atoms with van der Waals surface area (Å²) in [5.41, 5.74) is 1.80. The highest BCUT2D eigenvalue weighted by Crippen LogP contribution is 2.28. The number of piperazine rings is 1. The van der Waals surface area contributed by atoms with Gasteiger partial charge in [-0.2, -0.15) is 0 Å². The molecule has 0 saturated carbocycles. The van der Waals surface area contributed by atoms with Gasteiger partial charge in [0.25, 0.3) is 0 Å². The van der Waals surface area contributed by atoms with Gasteiger partial charge in [0.2, 0.25) is 5.89 Å². The number of hydrogen-bond acceptors (Lipinski definition) is 5. The van der Waals surface area contributed by atoms with E-state index in [-0.39, 0.29) is 6.61 Å². The van der Waals surface area contributed by atoms with E-state index in [9.17, 15) is 0 Å². The minimum absolute atomic E-state index is 0.226. The number of β-amino-alcohol motifs (C(OH)–C–C–N with tert-alkyl or cyclic N) is 1. The predicted molar refractivity (Wildman–Crippen MR) is 90.5 cm³/mol. The van der Waals surface area contributed by atoms with Crippen molar-refractivity contribution in [3.63, 3.8) is 0 Å². The SMILES string of the molecule is Cc1oc(-c2ccccc2Cl)nc1CN1CCN(CCO)CC1. The first-order chi connectivity index (χ1) is 11.2. The quantitative estimate of drug-likeness (QED) is 0.909. The van der Waals surface area contributed by atoms with E-state index in [1.54, 1.807) is 0 Å². The molecular formula is C17H22ClN3O2. The molecule has 0 unspecified atom stereocenters.